The summed E-state index contributed by atoms with van der Waals surface area (Å²) in [5.41, 5.74) is 6.58. The summed E-state index contributed by atoms with van der Waals surface area (Å²) in [6.07, 6.45) is 0.500. The molecule has 15 heavy (non-hydrogen) atoms. The van der Waals surface area contributed by atoms with E-state index in [2.05, 4.69) is 10.9 Å². The molecule has 2 unspecified atom stereocenters. The molecule has 5 nitrogen and oxygen atoms in total. The number of hydrazine groups is 1. The van der Waals surface area contributed by atoms with E-state index >= 15 is 0 Å². The SMILES string of the molecule is O=C(O)C1CC(c2ccc(O)cc2)NN1. The number of benzene rings is 1. The van der Waals surface area contributed by atoms with Crippen LogP contribution in [0, 0.1) is 0 Å². The van der Waals surface area contributed by atoms with Gasteiger partial charge in [0.2, 0.25) is 0 Å². The number of nitrogens with one attached hydrogen (secondary N) is 2. The van der Waals surface area contributed by atoms with E-state index in [0.29, 0.717) is 6.42 Å². The van der Waals surface area contributed by atoms with Crippen LogP contribution in [0.3, 0.4) is 0 Å². The fourth-order valence-electron chi connectivity index (χ4n) is 1.64. The molecule has 0 aliphatic carbocycles. The van der Waals surface area contributed by atoms with Gasteiger partial charge in [-0.25, -0.2) is 10.9 Å². The predicted octanol–water partition coefficient (Wildman–Crippen LogP) is 0.384. The van der Waals surface area contributed by atoms with Gasteiger partial charge in [0, 0.05) is 6.04 Å². The van der Waals surface area contributed by atoms with Gasteiger partial charge in [-0.15, -0.1) is 0 Å². The average Bonchev–Trinajstić information content (AvgIpc) is 2.68. The van der Waals surface area contributed by atoms with E-state index in [1.807, 2.05) is 0 Å². The van der Waals surface area contributed by atoms with Crippen LogP contribution in [-0.4, -0.2) is 22.2 Å². The van der Waals surface area contributed by atoms with Crippen LogP contribution in [0.4, 0.5) is 0 Å². The Kier molecular flexibility index (Phi) is 2.57. The summed E-state index contributed by atoms with van der Waals surface area (Å²) in [4.78, 5) is 10.7. The van der Waals surface area contributed by atoms with Crippen LogP contribution in [0.2, 0.25) is 0 Å². The van der Waals surface area contributed by atoms with Crippen LogP contribution >= 0.6 is 0 Å². The van der Waals surface area contributed by atoms with Gasteiger partial charge < -0.3 is 10.2 Å². The van der Waals surface area contributed by atoms with Crippen LogP contribution in [0.5, 0.6) is 5.75 Å². The number of rotatable bonds is 2. The maximum atomic E-state index is 10.7. The van der Waals surface area contributed by atoms with E-state index in [0.717, 1.165) is 5.56 Å². The van der Waals surface area contributed by atoms with Gasteiger partial charge in [-0.1, -0.05) is 12.1 Å². The Morgan fingerprint density at radius 1 is 1.27 bits per heavy atom. The van der Waals surface area contributed by atoms with E-state index in [1.54, 1.807) is 24.3 Å². The first-order valence-corrected chi connectivity index (χ1v) is 4.69. The molecule has 4 N–H and O–H groups in total. The molecule has 1 heterocycles. The molecular weight excluding hydrogens is 196 g/mol. The van der Waals surface area contributed by atoms with Crippen molar-refractivity contribution < 1.29 is 15.0 Å². The Labute approximate surface area is 86.7 Å². The van der Waals surface area contributed by atoms with Crippen molar-refractivity contribution in [1.82, 2.24) is 10.9 Å². The molecule has 0 bridgehead atoms. The summed E-state index contributed by atoms with van der Waals surface area (Å²) >= 11 is 0. The van der Waals surface area contributed by atoms with Gasteiger partial charge in [0.05, 0.1) is 0 Å². The third-order valence-corrected chi connectivity index (χ3v) is 2.50. The molecule has 1 fully saturated rings. The Hall–Kier alpha value is -1.59. The first-order valence-electron chi connectivity index (χ1n) is 4.69. The lowest BCUT2D eigenvalue weighted by Gasteiger charge is -2.08. The lowest BCUT2D eigenvalue weighted by Crippen LogP contribution is -2.36. The van der Waals surface area contributed by atoms with Crippen molar-refractivity contribution in [3.8, 4) is 5.75 Å². The summed E-state index contributed by atoms with van der Waals surface area (Å²) in [7, 11) is 0. The van der Waals surface area contributed by atoms with Crippen molar-refractivity contribution in [2.24, 2.45) is 0 Å². The molecule has 1 aliphatic rings. The van der Waals surface area contributed by atoms with Gasteiger partial charge in [-0.3, -0.25) is 4.79 Å². The number of aliphatic carboxylic acids is 1. The summed E-state index contributed by atoms with van der Waals surface area (Å²) in [5, 5.41) is 17.9. The number of carboxylic acid groups (broad SMARTS) is 1. The third-order valence-electron chi connectivity index (χ3n) is 2.50. The molecule has 1 aromatic carbocycles. The molecule has 1 saturated heterocycles. The fourth-order valence-corrected chi connectivity index (χ4v) is 1.64. The van der Waals surface area contributed by atoms with Crippen LogP contribution in [0.15, 0.2) is 24.3 Å². The first-order chi connectivity index (χ1) is 7.16. The highest BCUT2D eigenvalue weighted by atomic mass is 16.4. The van der Waals surface area contributed by atoms with Crippen molar-refractivity contribution in [3.05, 3.63) is 29.8 Å². The molecule has 0 saturated carbocycles. The molecule has 0 amide bonds. The van der Waals surface area contributed by atoms with E-state index in [9.17, 15) is 4.79 Å². The second-order valence-corrected chi connectivity index (χ2v) is 3.56. The lowest BCUT2D eigenvalue weighted by molar-refractivity contribution is -0.139. The van der Waals surface area contributed by atoms with Gasteiger partial charge in [-0.05, 0) is 24.1 Å². The Morgan fingerprint density at radius 2 is 1.93 bits per heavy atom. The van der Waals surface area contributed by atoms with Crippen molar-refractivity contribution >= 4 is 5.97 Å². The van der Waals surface area contributed by atoms with Crippen molar-refractivity contribution in [3.63, 3.8) is 0 Å². The summed E-state index contributed by atoms with van der Waals surface area (Å²) in [5.74, 6) is -0.650. The summed E-state index contributed by atoms with van der Waals surface area (Å²) < 4.78 is 0. The Morgan fingerprint density at radius 3 is 2.47 bits per heavy atom. The minimum atomic E-state index is -0.858. The number of phenolic OH excluding ortho intramolecular Hbond substituents is 1. The van der Waals surface area contributed by atoms with Gasteiger partial charge in [-0.2, -0.15) is 0 Å². The number of hydrogen-bond donors (Lipinski definition) is 4. The number of carboxylic acids is 1. The lowest BCUT2D eigenvalue weighted by atomic mass is 10.0. The normalized spacial score (nSPS) is 25.3. The summed E-state index contributed by atoms with van der Waals surface area (Å²) in [6.45, 7) is 0. The number of hydrogen-bond acceptors (Lipinski definition) is 4. The Balaban J connectivity index is 2.07. The van der Waals surface area contributed by atoms with Crippen molar-refractivity contribution in [1.29, 1.82) is 0 Å². The molecular formula is C10H12N2O3. The van der Waals surface area contributed by atoms with Gasteiger partial charge in [0.25, 0.3) is 0 Å². The number of carbonyl (C=O) groups is 1. The van der Waals surface area contributed by atoms with E-state index in [4.69, 9.17) is 10.2 Å². The third kappa shape index (κ3) is 2.08. The minimum Gasteiger partial charge on any atom is -0.508 e. The molecule has 2 rings (SSSR count). The quantitative estimate of drug-likeness (QED) is 0.565. The predicted molar refractivity (Wildman–Crippen MR) is 53.2 cm³/mol. The molecule has 0 spiro atoms. The van der Waals surface area contributed by atoms with Gasteiger partial charge >= 0.3 is 5.97 Å². The zero-order valence-electron chi connectivity index (χ0n) is 7.97. The van der Waals surface area contributed by atoms with E-state index in [-0.39, 0.29) is 11.8 Å². The highest BCUT2D eigenvalue weighted by molar-refractivity contribution is 5.73. The van der Waals surface area contributed by atoms with Gasteiger partial charge in [0.15, 0.2) is 0 Å². The molecule has 2 atom stereocenters. The molecule has 0 radical (unpaired) electrons. The van der Waals surface area contributed by atoms with E-state index < -0.39 is 12.0 Å². The summed E-state index contributed by atoms with van der Waals surface area (Å²) in [6, 6.07) is 6.16. The highest BCUT2D eigenvalue weighted by Crippen LogP contribution is 2.23. The Bertz CT molecular complexity index is 363. The second-order valence-electron chi connectivity index (χ2n) is 3.56. The maximum Gasteiger partial charge on any atom is 0.322 e. The molecule has 1 aromatic rings. The highest BCUT2D eigenvalue weighted by Gasteiger charge is 2.29. The smallest absolute Gasteiger partial charge is 0.322 e. The standard InChI is InChI=1S/C10H12N2O3/c13-7-3-1-6(2-4-7)8-5-9(10(14)15)12-11-8/h1-4,8-9,11-13H,5H2,(H,14,15). The zero-order valence-corrected chi connectivity index (χ0v) is 7.97. The van der Waals surface area contributed by atoms with Crippen molar-refractivity contribution in [2.45, 2.75) is 18.5 Å². The molecule has 80 valence electrons. The zero-order chi connectivity index (χ0) is 10.8. The van der Waals surface area contributed by atoms with Crippen LogP contribution in [-0.2, 0) is 4.79 Å². The fraction of sp³-hybridized carbons (Fsp3) is 0.300. The van der Waals surface area contributed by atoms with Crippen LogP contribution in [0.25, 0.3) is 0 Å². The largest absolute Gasteiger partial charge is 0.508 e. The first kappa shape index (κ1) is 9.95. The molecule has 0 aromatic heterocycles. The second kappa shape index (κ2) is 3.88. The number of phenols is 1. The van der Waals surface area contributed by atoms with Crippen molar-refractivity contribution in [2.75, 3.05) is 0 Å². The van der Waals surface area contributed by atoms with E-state index in [1.165, 1.54) is 0 Å². The molecule has 5 heteroatoms. The average molecular weight is 208 g/mol. The monoisotopic (exact) mass is 208 g/mol. The van der Waals surface area contributed by atoms with Gasteiger partial charge in [0.1, 0.15) is 11.8 Å². The van der Waals surface area contributed by atoms with Crippen LogP contribution in [0.1, 0.15) is 18.0 Å². The minimum absolute atomic E-state index is 0.0216. The topological polar surface area (TPSA) is 81.6 Å². The number of aromatic hydroxyl groups is 1. The maximum absolute atomic E-state index is 10.7. The van der Waals surface area contributed by atoms with Crippen LogP contribution < -0.4 is 10.9 Å². The molecule has 1 aliphatic heterocycles.